The number of ether oxygens (including phenoxy) is 1. The van der Waals surface area contributed by atoms with Crippen LogP contribution in [0.25, 0.3) is 11.2 Å². The summed E-state index contributed by atoms with van der Waals surface area (Å²) in [5.41, 5.74) is 0.463. The average Bonchev–Trinajstić information content (AvgIpc) is 3.24. The van der Waals surface area contributed by atoms with Crippen molar-refractivity contribution in [3.05, 3.63) is 68.7 Å². The molecule has 1 aliphatic rings. The fourth-order valence-electron chi connectivity index (χ4n) is 3.49. The fraction of sp³-hybridized carbons (Fsp3) is 0.316. The number of imidazole rings is 1. The fourth-order valence-corrected chi connectivity index (χ4v) is 3.62. The minimum atomic E-state index is -0.553. The number of hydrogen-bond donors (Lipinski definition) is 0. The highest BCUT2D eigenvalue weighted by atomic mass is 35.5. The maximum atomic E-state index is 12.6. The van der Waals surface area contributed by atoms with Gasteiger partial charge >= 0.3 is 5.76 Å². The SMILES string of the molecule is Cn1cnc2ncn(Cc3nn([C@H]4C[C@H](Oc5ccc(Cl)cc5)C4)c(=O)o3)c(=O)c21. The molecule has 0 N–H and O–H groups in total. The Morgan fingerprint density at radius 3 is 2.67 bits per heavy atom. The Balaban J connectivity index is 1.29. The van der Waals surface area contributed by atoms with Gasteiger partial charge in [0.15, 0.2) is 11.2 Å². The maximum absolute atomic E-state index is 12.6. The summed E-state index contributed by atoms with van der Waals surface area (Å²) in [7, 11) is 1.72. The number of aromatic nitrogens is 6. The number of benzene rings is 1. The molecule has 1 aliphatic carbocycles. The summed E-state index contributed by atoms with van der Waals surface area (Å²) < 4.78 is 15.4. The summed E-state index contributed by atoms with van der Waals surface area (Å²) >= 11 is 5.88. The van der Waals surface area contributed by atoms with E-state index in [0.717, 1.165) is 5.75 Å². The number of rotatable bonds is 5. The molecular weight excluding hydrogens is 412 g/mol. The van der Waals surface area contributed by atoms with Crippen LogP contribution < -0.4 is 16.1 Å². The lowest BCUT2D eigenvalue weighted by Gasteiger charge is -2.34. The molecule has 0 aliphatic heterocycles. The molecule has 0 radical (unpaired) electrons. The van der Waals surface area contributed by atoms with Crippen LogP contribution in [0.4, 0.5) is 0 Å². The molecule has 154 valence electrons. The van der Waals surface area contributed by atoms with Gasteiger partial charge in [-0.05, 0) is 24.3 Å². The number of nitrogens with zero attached hydrogens (tertiary/aromatic N) is 6. The van der Waals surface area contributed by atoms with Crippen molar-refractivity contribution in [2.45, 2.75) is 31.5 Å². The van der Waals surface area contributed by atoms with Crippen LogP contribution >= 0.6 is 11.6 Å². The lowest BCUT2D eigenvalue weighted by Crippen LogP contribution is -2.39. The lowest BCUT2D eigenvalue weighted by atomic mass is 9.89. The zero-order valence-corrected chi connectivity index (χ0v) is 16.7. The van der Waals surface area contributed by atoms with E-state index in [1.807, 2.05) is 0 Å². The number of fused-ring (bicyclic) bond motifs is 1. The van der Waals surface area contributed by atoms with E-state index in [1.54, 1.807) is 35.9 Å². The molecule has 0 amide bonds. The highest BCUT2D eigenvalue weighted by molar-refractivity contribution is 6.30. The van der Waals surface area contributed by atoms with Crippen LogP contribution in [0.15, 0.2) is 50.9 Å². The summed E-state index contributed by atoms with van der Waals surface area (Å²) in [5, 5.41) is 4.91. The average molecular weight is 429 g/mol. The van der Waals surface area contributed by atoms with Gasteiger partial charge in [-0.3, -0.25) is 9.36 Å². The first-order valence-corrected chi connectivity index (χ1v) is 9.73. The Labute approximate surface area is 174 Å². The van der Waals surface area contributed by atoms with Crippen molar-refractivity contribution in [2.24, 2.45) is 7.05 Å². The summed E-state index contributed by atoms with van der Waals surface area (Å²) in [6.07, 6.45) is 4.16. The van der Waals surface area contributed by atoms with Crippen LogP contribution in [-0.2, 0) is 13.6 Å². The summed E-state index contributed by atoms with van der Waals surface area (Å²) in [6.45, 7) is 0.00656. The van der Waals surface area contributed by atoms with E-state index >= 15 is 0 Å². The lowest BCUT2D eigenvalue weighted by molar-refractivity contribution is 0.0616. The topological polar surface area (TPSA) is 110 Å². The predicted molar refractivity (Wildman–Crippen MR) is 107 cm³/mol. The van der Waals surface area contributed by atoms with Gasteiger partial charge in [0.25, 0.3) is 5.56 Å². The molecule has 10 nitrogen and oxygen atoms in total. The van der Waals surface area contributed by atoms with Crippen molar-refractivity contribution >= 4 is 22.8 Å². The van der Waals surface area contributed by atoms with Crippen LogP contribution in [0.1, 0.15) is 24.8 Å². The molecule has 0 saturated heterocycles. The normalized spacial score (nSPS) is 18.5. The third-order valence-electron chi connectivity index (χ3n) is 5.15. The third-order valence-corrected chi connectivity index (χ3v) is 5.40. The van der Waals surface area contributed by atoms with Crippen molar-refractivity contribution in [2.75, 3.05) is 0 Å². The van der Waals surface area contributed by atoms with Crippen LogP contribution in [0, 0.1) is 0 Å². The van der Waals surface area contributed by atoms with E-state index < -0.39 is 5.76 Å². The van der Waals surface area contributed by atoms with Gasteiger partial charge in [0, 0.05) is 24.9 Å². The molecule has 11 heteroatoms. The first-order chi connectivity index (χ1) is 14.5. The second kappa shape index (κ2) is 7.13. The Bertz CT molecular complexity index is 1330. The number of hydrogen-bond acceptors (Lipinski definition) is 7. The maximum Gasteiger partial charge on any atom is 0.437 e. The Morgan fingerprint density at radius 2 is 1.90 bits per heavy atom. The van der Waals surface area contributed by atoms with E-state index in [2.05, 4.69) is 15.1 Å². The summed E-state index contributed by atoms with van der Waals surface area (Å²) in [5.74, 6) is 0.323. The van der Waals surface area contributed by atoms with E-state index in [9.17, 15) is 9.59 Å². The molecule has 0 atom stereocenters. The van der Waals surface area contributed by atoms with Crippen molar-refractivity contribution in [3.8, 4) is 5.75 Å². The van der Waals surface area contributed by atoms with Crippen molar-refractivity contribution < 1.29 is 9.15 Å². The Kier molecular flexibility index (Phi) is 4.43. The molecule has 0 unspecified atom stereocenters. The first kappa shape index (κ1) is 18.6. The minimum Gasteiger partial charge on any atom is -0.490 e. The molecule has 0 bridgehead atoms. The van der Waals surface area contributed by atoms with Gasteiger partial charge in [-0.15, -0.1) is 5.10 Å². The van der Waals surface area contributed by atoms with Gasteiger partial charge in [-0.25, -0.2) is 14.8 Å². The van der Waals surface area contributed by atoms with Crippen molar-refractivity contribution in [3.63, 3.8) is 0 Å². The quantitative estimate of drug-likeness (QED) is 0.476. The third kappa shape index (κ3) is 3.28. The van der Waals surface area contributed by atoms with Crippen molar-refractivity contribution in [1.82, 2.24) is 28.9 Å². The number of aryl methyl sites for hydroxylation is 1. The van der Waals surface area contributed by atoms with Crippen LogP contribution in [0.3, 0.4) is 0 Å². The smallest absolute Gasteiger partial charge is 0.437 e. The van der Waals surface area contributed by atoms with Gasteiger partial charge in [-0.2, -0.15) is 4.68 Å². The molecule has 1 saturated carbocycles. The Hall–Kier alpha value is -3.40. The van der Waals surface area contributed by atoms with Crippen LogP contribution in [0.5, 0.6) is 5.75 Å². The molecule has 3 aromatic heterocycles. The molecule has 4 aromatic rings. The molecule has 5 rings (SSSR count). The van der Waals surface area contributed by atoms with E-state index in [4.69, 9.17) is 20.8 Å². The van der Waals surface area contributed by atoms with E-state index in [-0.39, 0.29) is 30.1 Å². The monoisotopic (exact) mass is 428 g/mol. The summed E-state index contributed by atoms with van der Waals surface area (Å²) in [4.78, 5) is 33.1. The second-order valence-corrected chi connectivity index (χ2v) is 7.67. The van der Waals surface area contributed by atoms with E-state index in [1.165, 1.54) is 21.9 Å². The molecule has 3 heterocycles. The predicted octanol–water partition coefficient (Wildman–Crippen LogP) is 1.76. The van der Waals surface area contributed by atoms with Crippen LogP contribution in [0.2, 0.25) is 5.02 Å². The zero-order chi connectivity index (χ0) is 20.8. The first-order valence-electron chi connectivity index (χ1n) is 9.35. The van der Waals surface area contributed by atoms with Gasteiger partial charge in [-0.1, -0.05) is 11.6 Å². The van der Waals surface area contributed by atoms with Crippen molar-refractivity contribution in [1.29, 1.82) is 0 Å². The Morgan fingerprint density at radius 1 is 1.17 bits per heavy atom. The number of halogens is 1. The van der Waals surface area contributed by atoms with Gasteiger partial charge < -0.3 is 13.7 Å². The second-order valence-electron chi connectivity index (χ2n) is 7.23. The van der Waals surface area contributed by atoms with Crippen LogP contribution in [-0.4, -0.2) is 35.0 Å². The van der Waals surface area contributed by atoms with Gasteiger partial charge in [0.1, 0.15) is 24.7 Å². The van der Waals surface area contributed by atoms with Gasteiger partial charge in [0.2, 0.25) is 5.89 Å². The van der Waals surface area contributed by atoms with Gasteiger partial charge in [0.05, 0.1) is 12.4 Å². The highest BCUT2D eigenvalue weighted by Gasteiger charge is 2.35. The highest BCUT2D eigenvalue weighted by Crippen LogP contribution is 2.34. The summed E-state index contributed by atoms with van der Waals surface area (Å²) in [6, 6.07) is 7.03. The molecule has 1 fully saturated rings. The van der Waals surface area contributed by atoms with E-state index in [0.29, 0.717) is 29.0 Å². The zero-order valence-electron chi connectivity index (χ0n) is 15.9. The largest absolute Gasteiger partial charge is 0.490 e. The molecule has 1 aromatic carbocycles. The molecule has 30 heavy (non-hydrogen) atoms. The minimum absolute atomic E-state index is 0.00656. The molecular formula is C19H17ClN6O4. The standard InChI is InChI=1S/C19H17ClN6O4/c1-24-9-21-17-16(24)18(27)25(10-22-17)8-15-23-26(19(28)30-15)12-6-14(7-12)29-13-4-2-11(20)3-5-13/h2-5,9-10,12,14H,6-8H2,1H3/t12-,14-. The molecule has 0 spiro atoms.